The molecule has 25 heavy (non-hydrogen) atoms. The van der Waals surface area contributed by atoms with E-state index in [1.165, 1.54) is 0 Å². The minimum atomic E-state index is -0.222. The molecule has 1 aliphatic heterocycles. The number of fused-ring (bicyclic) bond motifs is 2. The Morgan fingerprint density at radius 3 is 3.12 bits per heavy atom. The van der Waals surface area contributed by atoms with Crippen molar-refractivity contribution in [1.29, 1.82) is 0 Å². The van der Waals surface area contributed by atoms with Gasteiger partial charge in [-0.15, -0.1) is 0 Å². The second kappa shape index (κ2) is 6.58. The summed E-state index contributed by atoms with van der Waals surface area (Å²) in [6.45, 7) is 3.24. The Hall–Kier alpha value is -2.83. The molecule has 4 rings (SSSR count). The fraction of sp³-hybridized carbons (Fsp3) is 0.389. The molecule has 2 N–H and O–H groups in total. The summed E-state index contributed by atoms with van der Waals surface area (Å²) in [4.78, 5) is 16.8. The van der Waals surface area contributed by atoms with Crippen molar-refractivity contribution in [3.05, 3.63) is 47.7 Å². The third-order valence-corrected chi connectivity index (χ3v) is 4.44. The van der Waals surface area contributed by atoms with Crippen LogP contribution in [0.15, 0.2) is 34.7 Å². The van der Waals surface area contributed by atoms with E-state index in [4.69, 9.17) is 4.42 Å². The maximum Gasteiger partial charge on any atom is 0.315 e. The van der Waals surface area contributed by atoms with Gasteiger partial charge in [0.2, 0.25) is 0 Å². The number of furan rings is 1. The maximum atomic E-state index is 12.3. The van der Waals surface area contributed by atoms with Gasteiger partial charge >= 0.3 is 6.03 Å². The highest BCUT2D eigenvalue weighted by Crippen LogP contribution is 2.23. The molecule has 1 aliphatic rings. The van der Waals surface area contributed by atoms with Crippen LogP contribution < -0.4 is 10.6 Å². The second-order valence-corrected chi connectivity index (χ2v) is 6.24. The number of nitrogens with one attached hydrogen (secondary N) is 2. The molecule has 3 heterocycles. The molecule has 0 saturated carbocycles. The zero-order valence-electron chi connectivity index (χ0n) is 14.2. The zero-order valence-corrected chi connectivity index (χ0v) is 14.2. The first-order valence-electron chi connectivity index (χ1n) is 8.68. The van der Waals surface area contributed by atoms with Crippen LogP contribution >= 0.6 is 0 Å². The van der Waals surface area contributed by atoms with Crippen LogP contribution in [0, 0.1) is 0 Å². The van der Waals surface area contributed by atoms with Gasteiger partial charge in [-0.3, -0.25) is 0 Å². The van der Waals surface area contributed by atoms with Gasteiger partial charge in [-0.1, -0.05) is 25.1 Å². The highest BCUT2D eigenvalue weighted by molar-refractivity contribution is 5.78. The van der Waals surface area contributed by atoms with Gasteiger partial charge in [-0.2, -0.15) is 5.10 Å². The molecule has 2 amide bonds. The molecule has 0 aliphatic carbocycles. The van der Waals surface area contributed by atoms with Crippen LogP contribution in [0.25, 0.3) is 11.0 Å². The van der Waals surface area contributed by atoms with Crippen LogP contribution in [-0.2, 0) is 19.5 Å². The number of para-hydroxylation sites is 1. The van der Waals surface area contributed by atoms with Gasteiger partial charge in [0.1, 0.15) is 17.2 Å². The monoisotopic (exact) mass is 339 g/mol. The Bertz CT molecular complexity index is 865. The normalized spacial score (nSPS) is 16.6. The molecule has 7 nitrogen and oxygen atoms in total. The van der Waals surface area contributed by atoms with Crippen molar-refractivity contribution in [1.82, 2.24) is 25.4 Å². The number of carbonyl (C=O) groups excluding carboxylic acids is 1. The number of carbonyl (C=O) groups is 1. The summed E-state index contributed by atoms with van der Waals surface area (Å²) in [6.07, 6.45) is 2.65. The lowest BCUT2D eigenvalue weighted by Crippen LogP contribution is -2.39. The van der Waals surface area contributed by atoms with Crippen LogP contribution in [0.5, 0.6) is 0 Å². The minimum absolute atomic E-state index is 0.0998. The maximum absolute atomic E-state index is 12.3. The summed E-state index contributed by atoms with van der Waals surface area (Å²) in [5.74, 6) is 2.41. The Kier molecular flexibility index (Phi) is 4.13. The summed E-state index contributed by atoms with van der Waals surface area (Å²) >= 11 is 0. The van der Waals surface area contributed by atoms with Gasteiger partial charge in [0.15, 0.2) is 5.82 Å². The fourth-order valence-electron chi connectivity index (χ4n) is 3.19. The van der Waals surface area contributed by atoms with Gasteiger partial charge in [0, 0.05) is 18.4 Å². The van der Waals surface area contributed by atoms with Crippen molar-refractivity contribution in [3.8, 4) is 0 Å². The Morgan fingerprint density at radius 2 is 2.28 bits per heavy atom. The van der Waals surface area contributed by atoms with E-state index in [1.54, 1.807) is 0 Å². The number of rotatable bonds is 4. The van der Waals surface area contributed by atoms with Gasteiger partial charge in [-0.05, 0) is 25.0 Å². The first-order chi connectivity index (χ1) is 12.2. The standard InChI is InChI=1S/C18H21N5O2/c1-2-16-21-17-14(7-5-9-23(17)22-16)20-18(24)19-11-13-10-12-6-3-4-8-15(12)25-13/h3-4,6,8,10,14H,2,5,7,9,11H2,1H3,(H2,19,20,24)/t14-/m0/s1. The van der Waals surface area contributed by atoms with Gasteiger partial charge in [-0.25, -0.2) is 14.5 Å². The molecule has 0 spiro atoms. The van der Waals surface area contributed by atoms with Crippen LogP contribution in [0.4, 0.5) is 4.79 Å². The third-order valence-electron chi connectivity index (χ3n) is 4.44. The van der Waals surface area contributed by atoms with Crippen molar-refractivity contribution in [2.24, 2.45) is 0 Å². The SMILES string of the molecule is CCc1nc2n(n1)CCC[C@@H]2NC(=O)NCc1cc2ccccc2o1. The van der Waals surface area contributed by atoms with Crippen LogP contribution in [-0.4, -0.2) is 20.8 Å². The summed E-state index contributed by atoms with van der Waals surface area (Å²) in [5, 5.41) is 11.4. The predicted octanol–water partition coefficient (Wildman–Crippen LogP) is 2.92. The van der Waals surface area contributed by atoms with Gasteiger partial charge < -0.3 is 15.1 Å². The highest BCUT2D eigenvalue weighted by atomic mass is 16.3. The van der Waals surface area contributed by atoms with Gasteiger partial charge in [0.05, 0.1) is 12.6 Å². The molecular formula is C18H21N5O2. The number of benzene rings is 1. The summed E-state index contributed by atoms with van der Waals surface area (Å²) in [5.41, 5.74) is 0.826. The Labute approximate surface area is 145 Å². The molecule has 1 aromatic carbocycles. The fourth-order valence-corrected chi connectivity index (χ4v) is 3.19. The number of hydrogen-bond donors (Lipinski definition) is 2. The number of nitrogens with zero attached hydrogens (tertiary/aromatic N) is 3. The molecular weight excluding hydrogens is 318 g/mol. The van der Waals surface area contributed by atoms with E-state index in [-0.39, 0.29) is 12.1 Å². The lowest BCUT2D eigenvalue weighted by atomic mass is 10.1. The summed E-state index contributed by atoms with van der Waals surface area (Å²) in [7, 11) is 0. The van der Waals surface area contributed by atoms with Gasteiger partial charge in [0.25, 0.3) is 0 Å². The van der Waals surface area contributed by atoms with Crippen LogP contribution in [0.2, 0.25) is 0 Å². The molecule has 0 fully saturated rings. The van der Waals surface area contributed by atoms with Crippen LogP contribution in [0.1, 0.15) is 43.2 Å². The molecule has 2 aromatic heterocycles. The number of amides is 2. The number of hydrogen-bond acceptors (Lipinski definition) is 4. The largest absolute Gasteiger partial charge is 0.459 e. The van der Waals surface area contributed by atoms with Crippen LogP contribution in [0.3, 0.4) is 0 Å². The second-order valence-electron chi connectivity index (χ2n) is 6.24. The Balaban J connectivity index is 1.38. The molecule has 130 valence electrons. The van der Waals surface area contributed by atoms with Crippen molar-refractivity contribution >= 4 is 17.0 Å². The van der Waals surface area contributed by atoms with E-state index < -0.39 is 0 Å². The number of urea groups is 1. The summed E-state index contributed by atoms with van der Waals surface area (Å²) < 4.78 is 7.62. The highest BCUT2D eigenvalue weighted by Gasteiger charge is 2.25. The average Bonchev–Trinajstić information content (AvgIpc) is 3.23. The smallest absolute Gasteiger partial charge is 0.315 e. The molecule has 7 heteroatoms. The first-order valence-corrected chi connectivity index (χ1v) is 8.68. The predicted molar refractivity (Wildman–Crippen MR) is 93.0 cm³/mol. The van der Waals surface area contributed by atoms with E-state index in [2.05, 4.69) is 20.7 Å². The summed E-state index contributed by atoms with van der Waals surface area (Å²) in [6, 6.07) is 9.42. The average molecular weight is 339 g/mol. The molecule has 0 unspecified atom stereocenters. The van der Waals surface area contributed by atoms with Crippen molar-refractivity contribution in [3.63, 3.8) is 0 Å². The van der Waals surface area contributed by atoms with Crippen molar-refractivity contribution in [2.45, 2.75) is 45.3 Å². The van der Waals surface area contributed by atoms with E-state index >= 15 is 0 Å². The van der Waals surface area contributed by atoms with E-state index in [0.717, 1.165) is 54.2 Å². The molecule has 1 atom stereocenters. The number of aromatic nitrogens is 3. The zero-order chi connectivity index (χ0) is 17.2. The van der Waals surface area contributed by atoms with E-state index in [9.17, 15) is 4.79 Å². The lowest BCUT2D eigenvalue weighted by molar-refractivity contribution is 0.231. The first kappa shape index (κ1) is 15.7. The topological polar surface area (TPSA) is 85.0 Å². The molecule has 3 aromatic rings. The molecule has 0 saturated heterocycles. The van der Waals surface area contributed by atoms with Crippen molar-refractivity contribution in [2.75, 3.05) is 0 Å². The van der Waals surface area contributed by atoms with Crippen molar-refractivity contribution < 1.29 is 9.21 Å². The minimum Gasteiger partial charge on any atom is -0.459 e. The van der Waals surface area contributed by atoms with E-state index in [1.807, 2.05) is 41.9 Å². The lowest BCUT2D eigenvalue weighted by Gasteiger charge is -2.23. The third kappa shape index (κ3) is 3.22. The molecule has 0 bridgehead atoms. The quantitative estimate of drug-likeness (QED) is 0.765. The van der Waals surface area contributed by atoms with E-state index in [0.29, 0.717) is 6.54 Å². The number of aryl methyl sites for hydroxylation is 2. The Morgan fingerprint density at radius 1 is 1.40 bits per heavy atom. The molecule has 0 radical (unpaired) electrons.